The van der Waals surface area contributed by atoms with Crippen molar-refractivity contribution in [3.63, 3.8) is 0 Å². The van der Waals surface area contributed by atoms with Crippen LogP contribution >= 0.6 is 0 Å². The Bertz CT molecular complexity index is 432. The van der Waals surface area contributed by atoms with Crippen molar-refractivity contribution < 1.29 is 19.4 Å². The molecular weight excluding hydrogens is 232 g/mol. The highest BCUT2D eigenvalue weighted by atomic mass is 16.5. The average molecular weight is 248 g/mol. The second kappa shape index (κ2) is 7.40. The van der Waals surface area contributed by atoms with Gasteiger partial charge in [-0.05, 0) is 18.1 Å². The number of aliphatic hydroxyl groups is 1. The summed E-state index contributed by atoms with van der Waals surface area (Å²) in [7, 11) is 0. The summed E-state index contributed by atoms with van der Waals surface area (Å²) < 4.78 is 4.88. The molecule has 0 bridgehead atoms. The molecule has 0 unspecified atom stereocenters. The second-order valence-corrected chi connectivity index (χ2v) is 3.70. The molecule has 0 spiro atoms. The third-order valence-corrected chi connectivity index (χ3v) is 2.24. The Balaban J connectivity index is 2.60. The van der Waals surface area contributed by atoms with Gasteiger partial charge in [-0.1, -0.05) is 31.2 Å². The summed E-state index contributed by atoms with van der Waals surface area (Å²) in [6.45, 7) is 1.83. The predicted octanol–water partition coefficient (Wildman–Crippen LogP) is 1.83. The lowest BCUT2D eigenvalue weighted by molar-refractivity contribution is -0.137. The molecule has 0 radical (unpaired) electrons. The van der Waals surface area contributed by atoms with Crippen LogP contribution in [0.2, 0.25) is 0 Å². The van der Waals surface area contributed by atoms with Crippen molar-refractivity contribution in [2.75, 3.05) is 13.2 Å². The van der Waals surface area contributed by atoms with Crippen molar-refractivity contribution in [3.8, 4) is 0 Å². The zero-order valence-electron chi connectivity index (χ0n) is 10.3. The molecule has 18 heavy (non-hydrogen) atoms. The van der Waals surface area contributed by atoms with Crippen molar-refractivity contribution in [3.05, 3.63) is 41.5 Å². The highest BCUT2D eigenvalue weighted by Crippen LogP contribution is 2.07. The maximum absolute atomic E-state index is 11.2. The SMILES string of the molecule is CCCOC(=O)/C=C/c1ccc(C(=O)CO)cc1. The first-order chi connectivity index (χ1) is 8.67. The number of hydrogen-bond acceptors (Lipinski definition) is 4. The van der Waals surface area contributed by atoms with E-state index >= 15 is 0 Å². The lowest BCUT2D eigenvalue weighted by Gasteiger charge is -1.99. The number of rotatable bonds is 6. The topological polar surface area (TPSA) is 63.6 Å². The Morgan fingerprint density at radius 2 is 1.94 bits per heavy atom. The van der Waals surface area contributed by atoms with E-state index < -0.39 is 6.61 Å². The molecule has 1 aromatic rings. The van der Waals surface area contributed by atoms with Gasteiger partial charge in [0.2, 0.25) is 0 Å². The Hall–Kier alpha value is -1.94. The second-order valence-electron chi connectivity index (χ2n) is 3.70. The summed E-state index contributed by atoms with van der Waals surface area (Å²) in [5.74, 6) is -0.708. The van der Waals surface area contributed by atoms with Gasteiger partial charge in [0.15, 0.2) is 5.78 Å². The van der Waals surface area contributed by atoms with E-state index in [-0.39, 0.29) is 11.8 Å². The predicted molar refractivity (Wildman–Crippen MR) is 68.1 cm³/mol. The monoisotopic (exact) mass is 248 g/mol. The minimum absolute atomic E-state index is 0.326. The molecule has 0 atom stereocenters. The molecule has 1 rings (SSSR count). The van der Waals surface area contributed by atoms with Crippen molar-refractivity contribution in [1.82, 2.24) is 0 Å². The van der Waals surface area contributed by atoms with Crippen LogP contribution in [-0.4, -0.2) is 30.1 Å². The van der Waals surface area contributed by atoms with Gasteiger partial charge in [-0.3, -0.25) is 4.79 Å². The highest BCUT2D eigenvalue weighted by molar-refractivity contribution is 5.97. The van der Waals surface area contributed by atoms with Gasteiger partial charge in [-0.25, -0.2) is 4.79 Å². The zero-order chi connectivity index (χ0) is 13.4. The molecule has 1 aromatic carbocycles. The van der Waals surface area contributed by atoms with Gasteiger partial charge in [0.05, 0.1) is 6.61 Å². The van der Waals surface area contributed by atoms with Crippen LogP contribution in [-0.2, 0) is 9.53 Å². The number of carbonyl (C=O) groups excluding carboxylic acids is 2. The standard InChI is InChI=1S/C14H16O4/c1-2-9-18-14(17)8-5-11-3-6-12(7-4-11)13(16)10-15/h3-8,15H,2,9-10H2,1H3/b8-5+. The van der Waals surface area contributed by atoms with E-state index in [1.165, 1.54) is 6.08 Å². The van der Waals surface area contributed by atoms with Gasteiger partial charge in [0, 0.05) is 11.6 Å². The quantitative estimate of drug-likeness (QED) is 0.474. The lowest BCUT2D eigenvalue weighted by Crippen LogP contribution is -2.03. The number of ether oxygens (including phenoxy) is 1. The molecule has 4 heteroatoms. The van der Waals surface area contributed by atoms with E-state index in [4.69, 9.17) is 9.84 Å². The van der Waals surface area contributed by atoms with Crippen LogP contribution in [0.15, 0.2) is 30.3 Å². The molecule has 0 amide bonds. The first-order valence-electron chi connectivity index (χ1n) is 5.76. The maximum atomic E-state index is 11.2. The molecule has 0 saturated heterocycles. The molecular formula is C14H16O4. The molecule has 0 aliphatic rings. The Labute approximate surface area is 106 Å². The highest BCUT2D eigenvalue weighted by Gasteiger charge is 2.02. The smallest absolute Gasteiger partial charge is 0.330 e. The van der Waals surface area contributed by atoms with E-state index in [1.54, 1.807) is 30.3 Å². The van der Waals surface area contributed by atoms with Crippen molar-refractivity contribution in [2.24, 2.45) is 0 Å². The van der Waals surface area contributed by atoms with Crippen LogP contribution in [0.25, 0.3) is 6.08 Å². The summed E-state index contributed by atoms with van der Waals surface area (Å²) in [4.78, 5) is 22.4. The van der Waals surface area contributed by atoms with Gasteiger partial charge in [0.25, 0.3) is 0 Å². The average Bonchev–Trinajstić information content (AvgIpc) is 2.42. The summed E-state index contributed by atoms with van der Waals surface area (Å²) in [6.07, 6.45) is 3.75. The van der Waals surface area contributed by atoms with Crippen molar-refractivity contribution >= 4 is 17.8 Å². The van der Waals surface area contributed by atoms with Gasteiger partial charge >= 0.3 is 5.97 Å². The number of carbonyl (C=O) groups is 2. The van der Waals surface area contributed by atoms with Gasteiger partial charge in [0.1, 0.15) is 6.61 Å². The molecule has 1 N–H and O–H groups in total. The number of Topliss-reactive ketones (excluding diaryl/α,β-unsaturated/α-hetero) is 1. The normalized spacial score (nSPS) is 10.6. The molecule has 96 valence electrons. The van der Waals surface area contributed by atoms with E-state index in [2.05, 4.69) is 0 Å². The molecule has 0 aliphatic heterocycles. The van der Waals surface area contributed by atoms with Crippen LogP contribution in [0.3, 0.4) is 0 Å². The van der Waals surface area contributed by atoms with Gasteiger partial charge < -0.3 is 9.84 Å². The molecule has 0 aromatic heterocycles. The van der Waals surface area contributed by atoms with Crippen LogP contribution in [0.4, 0.5) is 0 Å². The van der Waals surface area contributed by atoms with E-state index in [0.29, 0.717) is 12.2 Å². The summed E-state index contributed by atoms with van der Waals surface area (Å²) >= 11 is 0. The Morgan fingerprint density at radius 3 is 2.50 bits per heavy atom. The largest absolute Gasteiger partial charge is 0.463 e. The van der Waals surface area contributed by atoms with Crippen molar-refractivity contribution in [1.29, 1.82) is 0 Å². The Morgan fingerprint density at radius 1 is 1.28 bits per heavy atom. The van der Waals surface area contributed by atoms with Crippen LogP contribution < -0.4 is 0 Å². The number of ketones is 1. The minimum atomic E-state index is -0.501. The molecule has 0 aliphatic carbocycles. The third-order valence-electron chi connectivity index (χ3n) is 2.24. The van der Waals surface area contributed by atoms with E-state index in [0.717, 1.165) is 12.0 Å². The number of aliphatic hydroxyl groups excluding tert-OH is 1. The number of esters is 1. The number of benzene rings is 1. The summed E-state index contributed by atoms with van der Waals surface area (Å²) in [5.41, 5.74) is 1.24. The van der Waals surface area contributed by atoms with Gasteiger partial charge in [-0.15, -0.1) is 0 Å². The van der Waals surface area contributed by atoms with Crippen LogP contribution in [0.1, 0.15) is 29.3 Å². The molecule has 0 fully saturated rings. The summed E-state index contributed by atoms with van der Waals surface area (Å²) in [6, 6.07) is 6.62. The van der Waals surface area contributed by atoms with E-state index in [1.807, 2.05) is 6.92 Å². The maximum Gasteiger partial charge on any atom is 0.330 e. The van der Waals surface area contributed by atoms with Gasteiger partial charge in [-0.2, -0.15) is 0 Å². The molecule has 0 heterocycles. The van der Waals surface area contributed by atoms with Crippen molar-refractivity contribution in [2.45, 2.75) is 13.3 Å². The molecule has 0 saturated carbocycles. The fourth-order valence-electron chi connectivity index (χ4n) is 1.29. The minimum Gasteiger partial charge on any atom is -0.463 e. The number of hydrogen-bond donors (Lipinski definition) is 1. The molecule has 4 nitrogen and oxygen atoms in total. The van der Waals surface area contributed by atoms with Crippen LogP contribution in [0.5, 0.6) is 0 Å². The zero-order valence-corrected chi connectivity index (χ0v) is 10.3. The lowest BCUT2D eigenvalue weighted by atomic mass is 10.1. The summed E-state index contributed by atoms with van der Waals surface area (Å²) in [5, 5.41) is 8.69. The van der Waals surface area contributed by atoms with E-state index in [9.17, 15) is 9.59 Å². The third kappa shape index (κ3) is 4.51. The fraction of sp³-hybridized carbons (Fsp3) is 0.286. The Kier molecular flexibility index (Phi) is 5.80. The first kappa shape index (κ1) is 14.1. The first-order valence-corrected chi connectivity index (χ1v) is 5.76. The van der Waals surface area contributed by atoms with Crippen LogP contribution in [0, 0.1) is 0 Å². The fourth-order valence-corrected chi connectivity index (χ4v) is 1.29.